The Kier molecular flexibility index (Phi) is 4.53. The summed E-state index contributed by atoms with van der Waals surface area (Å²) < 4.78 is 0. The van der Waals surface area contributed by atoms with Gasteiger partial charge < -0.3 is 5.32 Å². The third-order valence-corrected chi connectivity index (χ3v) is 2.30. The van der Waals surface area contributed by atoms with Gasteiger partial charge in [-0.05, 0) is 17.4 Å². The van der Waals surface area contributed by atoms with Gasteiger partial charge in [-0.25, -0.2) is 0 Å². The summed E-state index contributed by atoms with van der Waals surface area (Å²) in [5, 5.41) is 2.95. The maximum Gasteiger partial charge on any atom is 0.220 e. The summed E-state index contributed by atoms with van der Waals surface area (Å²) in [5.74, 6) is 0.138. The largest absolute Gasteiger partial charge is 0.356 e. The topological polar surface area (TPSA) is 29.1 Å². The van der Waals surface area contributed by atoms with Crippen LogP contribution in [0.3, 0.4) is 0 Å². The first-order valence-corrected chi connectivity index (χ1v) is 5.78. The first kappa shape index (κ1) is 12.8. The third-order valence-electron chi connectivity index (χ3n) is 2.30. The van der Waals surface area contributed by atoms with Crippen molar-refractivity contribution in [3.05, 3.63) is 35.9 Å². The molecule has 0 aromatic heterocycles. The van der Waals surface area contributed by atoms with Crippen LogP contribution in [0.2, 0.25) is 0 Å². The summed E-state index contributed by atoms with van der Waals surface area (Å²) in [7, 11) is 0. The van der Waals surface area contributed by atoms with E-state index in [1.165, 1.54) is 5.56 Å². The molecule has 0 fully saturated rings. The van der Waals surface area contributed by atoms with Crippen LogP contribution < -0.4 is 5.32 Å². The number of carbonyl (C=O) groups is 1. The molecule has 1 rings (SSSR count). The van der Waals surface area contributed by atoms with Crippen LogP contribution in [0.1, 0.15) is 32.8 Å². The number of aryl methyl sites for hydroxylation is 1. The van der Waals surface area contributed by atoms with Gasteiger partial charge in [0.25, 0.3) is 0 Å². The number of carbonyl (C=O) groups excluding carboxylic acids is 1. The lowest BCUT2D eigenvalue weighted by Crippen LogP contribution is -2.32. The first-order chi connectivity index (χ1) is 7.47. The van der Waals surface area contributed by atoms with Crippen molar-refractivity contribution in [2.24, 2.45) is 5.41 Å². The highest BCUT2D eigenvalue weighted by atomic mass is 16.1. The molecule has 0 atom stereocenters. The van der Waals surface area contributed by atoms with E-state index in [2.05, 4.69) is 38.2 Å². The zero-order valence-corrected chi connectivity index (χ0v) is 10.4. The second kappa shape index (κ2) is 5.69. The van der Waals surface area contributed by atoms with E-state index in [0.29, 0.717) is 6.42 Å². The maximum atomic E-state index is 11.6. The minimum atomic E-state index is 0.138. The monoisotopic (exact) mass is 219 g/mol. The average molecular weight is 219 g/mol. The summed E-state index contributed by atoms with van der Waals surface area (Å²) in [4.78, 5) is 11.6. The average Bonchev–Trinajstić information content (AvgIpc) is 2.24. The number of benzene rings is 1. The van der Waals surface area contributed by atoms with Gasteiger partial charge in [-0.3, -0.25) is 4.79 Å². The molecule has 0 spiro atoms. The molecule has 1 amide bonds. The minimum Gasteiger partial charge on any atom is -0.356 e. The molecule has 0 aliphatic rings. The highest BCUT2D eigenvalue weighted by Gasteiger charge is 2.11. The van der Waals surface area contributed by atoms with Crippen molar-refractivity contribution in [1.82, 2.24) is 5.32 Å². The van der Waals surface area contributed by atoms with Crippen LogP contribution in [0.25, 0.3) is 0 Å². The SMILES string of the molecule is CC(C)(C)CNC(=O)CCc1ccccc1. The van der Waals surface area contributed by atoms with E-state index in [0.717, 1.165) is 13.0 Å². The molecule has 2 heteroatoms. The molecule has 0 aliphatic heterocycles. The van der Waals surface area contributed by atoms with Gasteiger partial charge in [0, 0.05) is 13.0 Å². The van der Waals surface area contributed by atoms with Gasteiger partial charge in [0.1, 0.15) is 0 Å². The van der Waals surface area contributed by atoms with E-state index in [1.54, 1.807) is 0 Å². The summed E-state index contributed by atoms with van der Waals surface area (Å²) in [6.45, 7) is 7.08. The number of hydrogen-bond donors (Lipinski definition) is 1. The van der Waals surface area contributed by atoms with Gasteiger partial charge in [-0.1, -0.05) is 51.1 Å². The van der Waals surface area contributed by atoms with Crippen LogP contribution in [0.4, 0.5) is 0 Å². The van der Waals surface area contributed by atoms with Crippen LogP contribution in [0.15, 0.2) is 30.3 Å². The van der Waals surface area contributed by atoms with Crippen LogP contribution in [-0.4, -0.2) is 12.5 Å². The van der Waals surface area contributed by atoms with E-state index in [-0.39, 0.29) is 11.3 Å². The number of nitrogens with one attached hydrogen (secondary N) is 1. The van der Waals surface area contributed by atoms with E-state index < -0.39 is 0 Å². The van der Waals surface area contributed by atoms with Crippen molar-refractivity contribution in [2.45, 2.75) is 33.6 Å². The Balaban J connectivity index is 2.26. The number of rotatable bonds is 4. The maximum absolute atomic E-state index is 11.6. The Hall–Kier alpha value is -1.31. The smallest absolute Gasteiger partial charge is 0.220 e. The lowest BCUT2D eigenvalue weighted by molar-refractivity contribution is -0.121. The molecule has 0 heterocycles. The van der Waals surface area contributed by atoms with Crippen molar-refractivity contribution in [3.63, 3.8) is 0 Å². The molecule has 0 saturated carbocycles. The van der Waals surface area contributed by atoms with Crippen LogP contribution >= 0.6 is 0 Å². The summed E-state index contributed by atoms with van der Waals surface area (Å²) in [6.07, 6.45) is 1.39. The highest BCUT2D eigenvalue weighted by Crippen LogP contribution is 2.10. The van der Waals surface area contributed by atoms with Gasteiger partial charge in [-0.15, -0.1) is 0 Å². The molecule has 2 nitrogen and oxygen atoms in total. The zero-order valence-electron chi connectivity index (χ0n) is 10.4. The quantitative estimate of drug-likeness (QED) is 0.829. The summed E-state index contributed by atoms with van der Waals surface area (Å²) in [5.41, 5.74) is 1.37. The molecule has 1 N–H and O–H groups in total. The fourth-order valence-electron chi connectivity index (χ4n) is 1.35. The Morgan fingerprint density at radius 1 is 1.19 bits per heavy atom. The molecular weight excluding hydrogens is 198 g/mol. The van der Waals surface area contributed by atoms with E-state index in [9.17, 15) is 4.79 Å². The fourth-order valence-corrected chi connectivity index (χ4v) is 1.35. The van der Waals surface area contributed by atoms with E-state index in [4.69, 9.17) is 0 Å². The molecule has 0 saturated heterocycles. The fraction of sp³-hybridized carbons (Fsp3) is 0.500. The Morgan fingerprint density at radius 2 is 1.81 bits per heavy atom. The molecular formula is C14H21NO. The lowest BCUT2D eigenvalue weighted by Gasteiger charge is -2.18. The number of hydrogen-bond acceptors (Lipinski definition) is 1. The van der Waals surface area contributed by atoms with Crippen molar-refractivity contribution in [1.29, 1.82) is 0 Å². The highest BCUT2D eigenvalue weighted by molar-refractivity contribution is 5.76. The van der Waals surface area contributed by atoms with E-state index >= 15 is 0 Å². The lowest BCUT2D eigenvalue weighted by atomic mass is 9.97. The Morgan fingerprint density at radius 3 is 2.38 bits per heavy atom. The second-order valence-electron chi connectivity index (χ2n) is 5.32. The van der Waals surface area contributed by atoms with Gasteiger partial charge in [0.15, 0.2) is 0 Å². The van der Waals surface area contributed by atoms with Crippen LogP contribution in [0, 0.1) is 5.41 Å². The van der Waals surface area contributed by atoms with Gasteiger partial charge in [0.05, 0.1) is 0 Å². The van der Waals surface area contributed by atoms with Gasteiger partial charge >= 0.3 is 0 Å². The summed E-state index contributed by atoms with van der Waals surface area (Å²) >= 11 is 0. The molecule has 0 radical (unpaired) electrons. The van der Waals surface area contributed by atoms with Crippen LogP contribution in [-0.2, 0) is 11.2 Å². The van der Waals surface area contributed by atoms with Gasteiger partial charge in [0.2, 0.25) is 5.91 Å². The van der Waals surface area contributed by atoms with Crippen molar-refractivity contribution in [2.75, 3.05) is 6.54 Å². The first-order valence-electron chi connectivity index (χ1n) is 5.78. The molecule has 1 aromatic rings. The molecule has 1 aromatic carbocycles. The predicted molar refractivity (Wildman–Crippen MR) is 67.2 cm³/mol. The normalized spacial score (nSPS) is 11.2. The van der Waals surface area contributed by atoms with Crippen molar-refractivity contribution >= 4 is 5.91 Å². The standard InChI is InChI=1S/C14H21NO/c1-14(2,3)11-15-13(16)10-9-12-7-5-4-6-8-12/h4-8H,9-11H2,1-3H3,(H,15,16). The van der Waals surface area contributed by atoms with Gasteiger partial charge in [-0.2, -0.15) is 0 Å². The molecule has 16 heavy (non-hydrogen) atoms. The van der Waals surface area contributed by atoms with Crippen molar-refractivity contribution < 1.29 is 4.79 Å². The minimum absolute atomic E-state index is 0.138. The second-order valence-corrected chi connectivity index (χ2v) is 5.32. The molecule has 0 unspecified atom stereocenters. The van der Waals surface area contributed by atoms with Crippen LogP contribution in [0.5, 0.6) is 0 Å². The summed E-state index contributed by atoms with van der Waals surface area (Å²) in [6, 6.07) is 10.1. The molecule has 0 bridgehead atoms. The molecule has 88 valence electrons. The Bertz CT molecular complexity index is 324. The Labute approximate surface area is 98.1 Å². The van der Waals surface area contributed by atoms with Crippen molar-refractivity contribution in [3.8, 4) is 0 Å². The zero-order chi connectivity index (χ0) is 12.0. The van der Waals surface area contributed by atoms with E-state index in [1.807, 2.05) is 18.2 Å². The number of amides is 1. The molecule has 0 aliphatic carbocycles. The predicted octanol–water partition coefficient (Wildman–Crippen LogP) is 2.78. The third kappa shape index (κ3) is 5.54.